The Hall–Kier alpha value is -2.28. The molecule has 1 aromatic carbocycles. The molecule has 1 fully saturated rings. The zero-order valence-corrected chi connectivity index (χ0v) is 15.1. The number of thioether (sulfide) groups is 1. The van der Waals surface area contributed by atoms with Crippen molar-refractivity contribution in [3.63, 3.8) is 0 Å². The molecule has 7 heteroatoms. The molecule has 0 radical (unpaired) electrons. The number of carbonyl (C=O) groups excluding carboxylic acids is 1. The fourth-order valence-electron chi connectivity index (χ4n) is 2.70. The van der Waals surface area contributed by atoms with Gasteiger partial charge in [0.25, 0.3) is 0 Å². The first-order chi connectivity index (χ1) is 12.3. The maximum atomic E-state index is 12.4. The van der Waals surface area contributed by atoms with Crippen LogP contribution in [-0.4, -0.2) is 60.0 Å². The normalized spacial score (nSPS) is 14.4. The Morgan fingerprint density at radius 2 is 1.84 bits per heavy atom. The molecular weight excluding hydrogens is 336 g/mol. The molecule has 0 spiro atoms. The molecule has 0 bridgehead atoms. The van der Waals surface area contributed by atoms with E-state index in [2.05, 4.69) is 27.2 Å². The number of aromatic nitrogens is 2. The number of amides is 1. The van der Waals surface area contributed by atoms with Crippen molar-refractivity contribution >= 4 is 23.5 Å². The number of carbonyl (C=O) groups is 1. The van der Waals surface area contributed by atoms with Gasteiger partial charge in [-0.25, -0.2) is 0 Å². The largest absolute Gasteiger partial charge is 0.480 e. The number of hydrogen-bond donors (Lipinski definition) is 0. The third-order valence-electron chi connectivity index (χ3n) is 4.13. The van der Waals surface area contributed by atoms with Gasteiger partial charge in [0.2, 0.25) is 11.8 Å². The number of hydrogen-bond acceptors (Lipinski definition) is 6. The molecule has 1 aromatic heterocycles. The first-order valence-electron chi connectivity index (χ1n) is 8.28. The third-order valence-corrected chi connectivity index (χ3v) is 5.12. The third kappa shape index (κ3) is 4.85. The SMILES string of the molecule is COc1ccc(N2CCN(C(=O)CSCc3ccccc3)CC2)nn1. The van der Waals surface area contributed by atoms with Gasteiger partial charge in [0.1, 0.15) is 0 Å². The molecule has 25 heavy (non-hydrogen) atoms. The minimum atomic E-state index is 0.210. The minimum Gasteiger partial charge on any atom is -0.480 e. The molecule has 1 aliphatic heterocycles. The van der Waals surface area contributed by atoms with Gasteiger partial charge >= 0.3 is 0 Å². The second-order valence-corrected chi connectivity index (χ2v) is 6.77. The lowest BCUT2D eigenvalue weighted by atomic mass is 10.2. The Labute approximate surface area is 152 Å². The number of anilines is 1. The van der Waals surface area contributed by atoms with E-state index in [1.165, 1.54) is 5.56 Å². The molecule has 2 aromatic rings. The van der Waals surface area contributed by atoms with Crippen LogP contribution in [-0.2, 0) is 10.5 Å². The molecule has 6 nitrogen and oxygen atoms in total. The highest BCUT2D eigenvalue weighted by Crippen LogP contribution is 2.17. The second-order valence-electron chi connectivity index (χ2n) is 5.78. The molecule has 1 amide bonds. The lowest BCUT2D eigenvalue weighted by Gasteiger charge is -2.35. The molecule has 0 unspecified atom stereocenters. The number of benzene rings is 1. The summed E-state index contributed by atoms with van der Waals surface area (Å²) < 4.78 is 5.03. The molecule has 3 rings (SSSR count). The summed E-state index contributed by atoms with van der Waals surface area (Å²) in [6, 6.07) is 13.9. The summed E-state index contributed by atoms with van der Waals surface area (Å²) in [4.78, 5) is 16.4. The number of nitrogens with zero attached hydrogens (tertiary/aromatic N) is 4. The van der Waals surface area contributed by atoms with E-state index >= 15 is 0 Å². The fraction of sp³-hybridized carbons (Fsp3) is 0.389. The van der Waals surface area contributed by atoms with Crippen LogP contribution < -0.4 is 9.64 Å². The van der Waals surface area contributed by atoms with Gasteiger partial charge in [0, 0.05) is 38.0 Å². The first kappa shape index (κ1) is 17.5. The van der Waals surface area contributed by atoms with Crippen molar-refractivity contribution in [3.05, 3.63) is 48.0 Å². The zero-order chi connectivity index (χ0) is 17.5. The van der Waals surface area contributed by atoms with Crippen LogP contribution in [0.1, 0.15) is 5.56 Å². The van der Waals surface area contributed by atoms with Gasteiger partial charge in [-0.1, -0.05) is 30.3 Å². The Morgan fingerprint density at radius 1 is 1.08 bits per heavy atom. The summed E-state index contributed by atoms with van der Waals surface area (Å²) in [5.74, 6) is 2.94. The van der Waals surface area contributed by atoms with Gasteiger partial charge in [-0.05, 0) is 11.6 Å². The topological polar surface area (TPSA) is 58.6 Å². The fourth-order valence-corrected chi connectivity index (χ4v) is 3.58. The Balaban J connectivity index is 1.42. The summed E-state index contributed by atoms with van der Waals surface area (Å²) in [7, 11) is 1.57. The lowest BCUT2D eigenvalue weighted by molar-refractivity contribution is -0.128. The molecule has 0 saturated carbocycles. The number of piperazine rings is 1. The van der Waals surface area contributed by atoms with E-state index in [4.69, 9.17) is 4.74 Å². The highest BCUT2D eigenvalue weighted by molar-refractivity contribution is 7.99. The molecule has 2 heterocycles. The standard InChI is InChI=1S/C18H22N4O2S/c1-24-17-8-7-16(19-20-17)21-9-11-22(12-10-21)18(23)14-25-13-15-5-3-2-4-6-15/h2-8H,9-14H2,1H3. The zero-order valence-electron chi connectivity index (χ0n) is 14.3. The predicted octanol–water partition coefficient (Wildman–Crippen LogP) is 2.07. The van der Waals surface area contributed by atoms with Crippen LogP contribution >= 0.6 is 11.8 Å². The second kappa shape index (κ2) is 8.71. The van der Waals surface area contributed by atoms with Crippen molar-refractivity contribution in [2.75, 3.05) is 43.9 Å². The Kier molecular flexibility index (Phi) is 6.11. The monoisotopic (exact) mass is 358 g/mol. The minimum absolute atomic E-state index is 0.210. The summed E-state index contributed by atoms with van der Waals surface area (Å²) in [5.41, 5.74) is 1.25. The van der Waals surface area contributed by atoms with Crippen molar-refractivity contribution in [1.29, 1.82) is 0 Å². The number of methoxy groups -OCH3 is 1. The van der Waals surface area contributed by atoms with Gasteiger partial charge in [-0.2, -0.15) is 0 Å². The van der Waals surface area contributed by atoms with Crippen LogP contribution in [0.4, 0.5) is 5.82 Å². The molecule has 1 aliphatic rings. The van der Waals surface area contributed by atoms with E-state index < -0.39 is 0 Å². The molecular formula is C18H22N4O2S. The van der Waals surface area contributed by atoms with Crippen LogP contribution in [0.5, 0.6) is 5.88 Å². The molecule has 1 saturated heterocycles. The van der Waals surface area contributed by atoms with Crippen molar-refractivity contribution in [2.45, 2.75) is 5.75 Å². The van der Waals surface area contributed by atoms with Gasteiger partial charge in [0.05, 0.1) is 12.9 Å². The van der Waals surface area contributed by atoms with Crippen molar-refractivity contribution < 1.29 is 9.53 Å². The maximum Gasteiger partial charge on any atom is 0.233 e. The van der Waals surface area contributed by atoms with Crippen LogP contribution in [0, 0.1) is 0 Å². The Morgan fingerprint density at radius 3 is 2.48 bits per heavy atom. The van der Waals surface area contributed by atoms with E-state index in [-0.39, 0.29) is 5.91 Å². The van der Waals surface area contributed by atoms with E-state index in [1.807, 2.05) is 29.2 Å². The molecule has 0 N–H and O–H groups in total. The number of ether oxygens (including phenoxy) is 1. The average Bonchev–Trinajstić information content (AvgIpc) is 2.69. The van der Waals surface area contributed by atoms with Crippen LogP contribution in [0.25, 0.3) is 0 Å². The van der Waals surface area contributed by atoms with Gasteiger partial charge < -0.3 is 14.5 Å². The van der Waals surface area contributed by atoms with Crippen molar-refractivity contribution in [3.8, 4) is 5.88 Å². The smallest absolute Gasteiger partial charge is 0.233 e. The quantitative estimate of drug-likeness (QED) is 0.788. The lowest BCUT2D eigenvalue weighted by Crippen LogP contribution is -2.49. The molecule has 0 aliphatic carbocycles. The summed E-state index contributed by atoms with van der Waals surface area (Å²) in [6.07, 6.45) is 0. The number of rotatable bonds is 6. The first-order valence-corrected chi connectivity index (χ1v) is 9.44. The summed E-state index contributed by atoms with van der Waals surface area (Å²) in [6.45, 7) is 2.99. The predicted molar refractivity (Wildman–Crippen MR) is 100.0 cm³/mol. The van der Waals surface area contributed by atoms with Crippen LogP contribution in [0.3, 0.4) is 0 Å². The summed E-state index contributed by atoms with van der Waals surface area (Å²) >= 11 is 1.67. The molecule has 132 valence electrons. The van der Waals surface area contributed by atoms with Gasteiger partial charge in [-0.15, -0.1) is 22.0 Å². The Bertz CT molecular complexity index is 673. The van der Waals surface area contributed by atoms with Crippen LogP contribution in [0.15, 0.2) is 42.5 Å². The van der Waals surface area contributed by atoms with Crippen molar-refractivity contribution in [2.24, 2.45) is 0 Å². The highest BCUT2D eigenvalue weighted by Gasteiger charge is 2.22. The van der Waals surface area contributed by atoms with Crippen LogP contribution in [0.2, 0.25) is 0 Å². The van der Waals surface area contributed by atoms with Gasteiger partial charge in [-0.3, -0.25) is 4.79 Å². The van der Waals surface area contributed by atoms with E-state index in [0.29, 0.717) is 11.6 Å². The van der Waals surface area contributed by atoms with Gasteiger partial charge in [0.15, 0.2) is 5.82 Å². The van der Waals surface area contributed by atoms with E-state index in [1.54, 1.807) is 24.9 Å². The highest BCUT2D eigenvalue weighted by atomic mass is 32.2. The molecule has 0 atom stereocenters. The summed E-state index contributed by atoms with van der Waals surface area (Å²) in [5, 5.41) is 8.17. The maximum absolute atomic E-state index is 12.4. The van der Waals surface area contributed by atoms with E-state index in [0.717, 1.165) is 37.7 Å². The van der Waals surface area contributed by atoms with E-state index in [9.17, 15) is 4.79 Å². The average molecular weight is 358 g/mol. The van der Waals surface area contributed by atoms with Crippen molar-refractivity contribution in [1.82, 2.24) is 15.1 Å².